The highest BCUT2D eigenvalue weighted by atomic mass is 16.3. The predicted octanol–water partition coefficient (Wildman–Crippen LogP) is 3.98. The van der Waals surface area contributed by atoms with E-state index in [1.165, 1.54) is 6.07 Å². The van der Waals surface area contributed by atoms with E-state index in [2.05, 4.69) is 13.2 Å². The van der Waals surface area contributed by atoms with Gasteiger partial charge in [0.1, 0.15) is 0 Å². The Hall–Kier alpha value is -2.81. The van der Waals surface area contributed by atoms with E-state index in [-0.39, 0.29) is 23.7 Å². The molecule has 0 unspecified atom stereocenters. The summed E-state index contributed by atoms with van der Waals surface area (Å²) >= 11 is 0. The number of carbonyl (C=O) groups is 1. The molecule has 0 bridgehead atoms. The lowest BCUT2D eigenvalue weighted by Gasteiger charge is -2.15. The second-order valence-electron chi connectivity index (χ2n) is 5.32. The Morgan fingerprint density at radius 1 is 1.00 bits per heavy atom. The zero-order valence-corrected chi connectivity index (χ0v) is 13.0. The smallest absolute Gasteiger partial charge is 0.167 e. The summed E-state index contributed by atoms with van der Waals surface area (Å²) in [5.74, 6) is -0.585. The minimum absolute atomic E-state index is 0.103. The Balaban J connectivity index is 2.49. The molecule has 2 aromatic rings. The standard InChI is InChI=1S/C20H20O3/c1-3-8-15-16(9-4-2)20(23)19(22)13-17(15)18(21)12-14-10-6-5-7-11-14/h3-7,10-11,13,22-23H,1-2,8-9,12H2. The summed E-state index contributed by atoms with van der Waals surface area (Å²) in [4.78, 5) is 12.7. The van der Waals surface area contributed by atoms with Crippen molar-refractivity contribution in [3.05, 3.63) is 84.0 Å². The first-order chi connectivity index (χ1) is 11.1. The van der Waals surface area contributed by atoms with E-state index in [4.69, 9.17) is 0 Å². The van der Waals surface area contributed by atoms with Gasteiger partial charge in [0.2, 0.25) is 0 Å². The van der Waals surface area contributed by atoms with Crippen LogP contribution in [0.1, 0.15) is 27.0 Å². The number of aromatic hydroxyl groups is 2. The summed E-state index contributed by atoms with van der Waals surface area (Å²) in [5, 5.41) is 20.0. The van der Waals surface area contributed by atoms with Crippen LogP contribution in [0.5, 0.6) is 11.5 Å². The largest absolute Gasteiger partial charge is 0.504 e. The zero-order chi connectivity index (χ0) is 16.8. The van der Waals surface area contributed by atoms with Gasteiger partial charge in [0.25, 0.3) is 0 Å². The molecule has 0 radical (unpaired) electrons. The van der Waals surface area contributed by atoms with Crippen LogP contribution in [0.4, 0.5) is 0 Å². The van der Waals surface area contributed by atoms with Gasteiger partial charge in [-0.2, -0.15) is 0 Å². The highest BCUT2D eigenvalue weighted by Crippen LogP contribution is 2.35. The Bertz CT molecular complexity index is 730. The fourth-order valence-electron chi connectivity index (χ4n) is 2.62. The Morgan fingerprint density at radius 3 is 2.22 bits per heavy atom. The molecule has 0 aliphatic heterocycles. The monoisotopic (exact) mass is 308 g/mol. The summed E-state index contributed by atoms with van der Waals surface area (Å²) in [7, 11) is 0. The molecule has 3 heteroatoms. The molecule has 0 aliphatic rings. The van der Waals surface area contributed by atoms with Crippen LogP contribution in [0.25, 0.3) is 0 Å². The predicted molar refractivity (Wildman–Crippen MR) is 92.1 cm³/mol. The van der Waals surface area contributed by atoms with Crippen molar-refractivity contribution in [2.24, 2.45) is 0 Å². The van der Waals surface area contributed by atoms with Crippen LogP contribution < -0.4 is 0 Å². The van der Waals surface area contributed by atoms with Gasteiger partial charge in [0, 0.05) is 17.5 Å². The quantitative estimate of drug-likeness (QED) is 0.462. The molecular formula is C20H20O3. The molecule has 23 heavy (non-hydrogen) atoms. The van der Waals surface area contributed by atoms with Crippen molar-refractivity contribution in [3.63, 3.8) is 0 Å². The highest BCUT2D eigenvalue weighted by molar-refractivity contribution is 6.00. The molecule has 2 aromatic carbocycles. The molecule has 0 heterocycles. The molecule has 2 rings (SSSR count). The van der Waals surface area contributed by atoms with Crippen molar-refractivity contribution in [2.75, 3.05) is 0 Å². The second kappa shape index (κ2) is 7.45. The SMILES string of the molecule is C=CCc1c(C(=O)Cc2ccccc2)cc(O)c(O)c1CC=C. The van der Waals surface area contributed by atoms with Crippen LogP contribution >= 0.6 is 0 Å². The number of hydrogen-bond donors (Lipinski definition) is 2. The summed E-state index contributed by atoms with van der Waals surface area (Å²) < 4.78 is 0. The average Bonchev–Trinajstić information content (AvgIpc) is 2.55. The fraction of sp³-hybridized carbons (Fsp3) is 0.150. The molecule has 0 amide bonds. The van der Waals surface area contributed by atoms with Gasteiger partial charge in [-0.15, -0.1) is 13.2 Å². The third-order valence-electron chi connectivity index (χ3n) is 3.70. The number of hydrogen-bond acceptors (Lipinski definition) is 3. The highest BCUT2D eigenvalue weighted by Gasteiger charge is 2.20. The van der Waals surface area contributed by atoms with E-state index in [1.807, 2.05) is 30.3 Å². The number of allylic oxidation sites excluding steroid dienone is 2. The normalized spacial score (nSPS) is 10.3. The Kier molecular flexibility index (Phi) is 5.36. The number of Topliss-reactive ketones (excluding diaryl/α,β-unsaturated/α-hetero) is 1. The van der Waals surface area contributed by atoms with Crippen molar-refractivity contribution < 1.29 is 15.0 Å². The Labute approximate surface area is 136 Å². The van der Waals surface area contributed by atoms with Crippen LogP contribution in [-0.4, -0.2) is 16.0 Å². The molecular weight excluding hydrogens is 288 g/mol. The molecule has 0 spiro atoms. The van der Waals surface area contributed by atoms with E-state index in [0.29, 0.717) is 29.5 Å². The third kappa shape index (κ3) is 3.69. The van der Waals surface area contributed by atoms with E-state index >= 15 is 0 Å². The molecule has 0 atom stereocenters. The van der Waals surface area contributed by atoms with Crippen LogP contribution in [0.15, 0.2) is 61.7 Å². The number of phenols is 2. The van der Waals surface area contributed by atoms with Crippen LogP contribution in [0, 0.1) is 0 Å². The number of carbonyl (C=O) groups excluding carboxylic acids is 1. The lowest BCUT2D eigenvalue weighted by Crippen LogP contribution is -2.09. The molecule has 118 valence electrons. The molecule has 0 fully saturated rings. The maximum atomic E-state index is 12.7. The van der Waals surface area contributed by atoms with Crippen molar-refractivity contribution in [2.45, 2.75) is 19.3 Å². The van der Waals surface area contributed by atoms with Crippen molar-refractivity contribution in [1.82, 2.24) is 0 Å². The number of ketones is 1. The molecule has 0 aliphatic carbocycles. The van der Waals surface area contributed by atoms with E-state index < -0.39 is 0 Å². The number of rotatable bonds is 7. The fourth-order valence-corrected chi connectivity index (χ4v) is 2.62. The topological polar surface area (TPSA) is 57.5 Å². The summed E-state index contributed by atoms with van der Waals surface area (Å²) in [5.41, 5.74) is 2.54. The molecule has 2 N–H and O–H groups in total. The van der Waals surface area contributed by atoms with Crippen molar-refractivity contribution >= 4 is 5.78 Å². The minimum atomic E-state index is -0.286. The van der Waals surface area contributed by atoms with Gasteiger partial charge in [-0.05, 0) is 30.0 Å². The van der Waals surface area contributed by atoms with Gasteiger partial charge in [0.05, 0.1) is 0 Å². The lowest BCUT2D eigenvalue weighted by molar-refractivity contribution is 0.0991. The average molecular weight is 308 g/mol. The first-order valence-electron chi connectivity index (χ1n) is 7.44. The number of benzene rings is 2. The summed E-state index contributed by atoms with van der Waals surface area (Å²) in [6.45, 7) is 7.38. The van der Waals surface area contributed by atoms with Crippen molar-refractivity contribution in [1.29, 1.82) is 0 Å². The summed E-state index contributed by atoms with van der Waals surface area (Å²) in [6.07, 6.45) is 4.36. The lowest BCUT2D eigenvalue weighted by atomic mass is 9.90. The van der Waals surface area contributed by atoms with E-state index in [0.717, 1.165) is 5.56 Å². The van der Waals surface area contributed by atoms with Gasteiger partial charge in [-0.3, -0.25) is 4.79 Å². The van der Waals surface area contributed by atoms with Gasteiger partial charge in [-0.25, -0.2) is 0 Å². The zero-order valence-electron chi connectivity index (χ0n) is 13.0. The molecule has 0 aromatic heterocycles. The molecule has 0 saturated heterocycles. The molecule has 3 nitrogen and oxygen atoms in total. The third-order valence-corrected chi connectivity index (χ3v) is 3.70. The van der Waals surface area contributed by atoms with Crippen LogP contribution in [0.3, 0.4) is 0 Å². The first-order valence-corrected chi connectivity index (χ1v) is 7.44. The van der Waals surface area contributed by atoms with Crippen molar-refractivity contribution in [3.8, 4) is 11.5 Å². The maximum Gasteiger partial charge on any atom is 0.167 e. The summed E-state index contributed by atoms with van der Waals surface area (Å²) in [6, 6.07) is 10.8. The van der Waals surface area contributed by atoms with E-state index in [1.54, 1.807) is 12.2 Å². The van der Waals surface area contributed by atoms with Gasteiger partial charge >= 0.3 is 0 Å². The minimum Gasteiger partial charge on any atom is -0.504 e. The maximum absolute atomic E-state index is 12.7. The van der Waals surface area contributed by atoms with Gasteiger partial charge < -0.3 is 10.2 Å². The first kappa shape index (κ1) is 16.6. The van der Waals surface area contributed by atoms with Crippen LogP contribution in [0.2, 0.25) is 0 Å². The van der Waals surface area contributed by atoms with Gasteiger partial charge in [-0.1, -0.05) is 42.5 Å². The molecule has 0 saturated carbocycles. The second-order valence-corrected chi connectivity index (χ2v) is 5.32. The Morgan fingerprint density at radius 2 is 1.61 bits per heavy atom. The van der Waals surface area contributed by atoms with Gasteiger partial charge in [0.15, 0.2) is 17.3 Å². The van der Waals surface area contributed by atoms with E-state index in [9.17, 15) is 15.0 Å². The van der Waals surface area contributed by atoms with Crippen LogP contribution in [-0.2, 0) is 19.3 Å². The number of phenolic OH excluding ortho intramolecular Hbond substituents is 2.